The predicted octanol–water partition coefficient (Wildman–Crippen LogP) is 1.73. The van der Waals surface area contributed by atoms with Crippen molar-refractivity contribution in [3.8, 4) is 0 Å². The Morgan fingerprint density at radius 2 is 2.24 bits per heavy atom. The van der Waals surface area contributed by atoms with Crippen LogP contribution < -0.4 is 11.1 Å². The fourth-order valence-corrected chi connectivity index (χ4v) is 1.71. The first kappa shape index (κ1) is 13.8. The minimum absolute atomic E-state index is 0.0119. The smallest absolute Gasteiger partial charge is 0.375 e. The zero-order valence-electron chi connectivity index (χ0n) is 8.88. The highest BCUT2D eigenvalue weighted by Gasteiger charge is 2.25. The number of thiazole rings is 1. The van der Waals surface area contributed by atoms with Crippen LogP contribution in [0.5, 0.6) is 0 Å². The van der Waals surface area contributed by atoms with Crippen LogP contribution in [0.25, 0.3) is 0 Å². The molecule has 0 radical (unpaired) electrons. The van der Waals surface area contributed by atoms with Gasteiger partial charge < -0.3 is 11.1 Å². The second kappa shape index (κ2) is 5.85. The molecule has 0 aliphatic rings. The van der Waals surface area contributed by atoms with Crippen LogP contribution in [0.15, 0.2) is 5.38 Å². The second-order valence-corrected chi connectivity index (χ2v) is 4.31. The Kier molecular flexibility index (Phi) is 4.73. The molecule has 0 spiro atoms. The van der Waals surface area contributed by atoms with Crippen LogP contribution >= 0.6 is 11.3 Å². The number of rotatable bonds is 5. The van der Waals surface area contributed by atoms with Gasteiger partial charge in [0.2, 0.25) is 5.91 Å². The number of anilines is 1. The molecule has 1 aromatic rings. The summed E-state index contributed by atoms with van der Waals surface area (Å²) >= 11 is 1.22. The lowest BCUT2D eigenvalue weighted by Crippen LogP contribution is -2.27. The van der Waals surface area contributed by atoms with Crippen molar-refractivity contribution in [1.29, 1.82) is 0 Å². The number of carbonyl (C=O) groups is 1. The molecule has 0 aliphatic heterocycles. The molecule has 4 nitrogen and oxygen atoms in total. The van der Waals surface area contributed by atoms with E-state index in [4.69, 9.17) is 5.73 Å². The van der Waals surface area contributed by atoms with Crippen LogP contribution in [0.4, 0.5) is 18.3 Å². The number of nitrogens with zero attached hydrogens (tertiary/aromatic N) is 1. The Morgan fingerprint density at radius 3 is 2.76 bits per heavy atom. The van der Waals surface area contributed by atoms with Crippen molar-refractivity contribution in [3.63, 3.8) is 0 Å². The molecule has 0 fully saturated rings. The topological polar surface area (TPSA) is 68.0 Å². The first-order chi connectivity index (χ1) is 7.87. The highest BCUT2D eigenvalue weighted by Crippen LogP contribution is 2.20. The molecule has 3 N–H and O–H groups in total. The Morgan fingerprint density at radius 1 is 1.53 bits per heavy atom. The van der Waals surface area contributed by atoms with Gasteiger partial charge in [-0.1, -0.05) is 0 Å². The van der Waals surface area contributed by atoms with Crippen LogP contribution in [0, 0.1) is 0 Å². The third-order valence-electron chi connectivity index (χ3n) is 1.87. The lowest BCUT2D eigenvalue weighted by Gasteiger charge is -2.06. The number of aromatic nitrogens is 1. The molecule has 8 heteroatoms. The maximum Gasteiger partial charge on any atom is 0.389 e. The van der Waals surface area contributed by atoms with Gasteiger partial charge in [-0.15, -0.1) is 11.3 Å². The zero-order chi connectivity index (χ0) is 12.9. The maximum absolute atomic E-state index is 11.8. The van der Waals surface area contributed by atoms with Crippen LogP contribution in [0.2, 0.25) is 0 Å². The van der Waals surface area contributed by atoms with E-state index in [1.54, 1.807) is 5.38 Å². The fourth-order valence-electron chi connectivity index (χ4n) is 1.15. The van der Waals surface area contributed by atoms with Crippen molar-refractivity contribution in [2.75, 3.05) is 12.3 Å². The van der Waals surface area contributed by atoms with Gasteiger partial charge in [0.15, 0.2) is 5.13 Å². The molecule has 0 bridgehead atoms. The minimum atomic E-state index is -4.17. The van der Waals surface area contributed by atoms with Crippen molar-refractivity contribution in [2.24, 2.45) is 0 Å². The minimum Gasteiger partial charge on any atom is -0.375 e. The molecule has 0 aliphatic carbocycles. The molecule has 0 unspecified atom stereocenters. The quantitative estimate of drug-likeness (QED) is 0.798. The molecular formula is C9H12F3N3OS. The molecule has 1 amide bonds. The van der Waals surface area contributed by atoms with Gasteiger partial charge in [0.25, 0.3) is 0 Å². The van der Waals surface area contributed by atoms with E-state index in [0.717, 1.165) is 0 Å². The molecule has 96 valence electrons. The van der Waals surface area contributed by atoms with Crippen LogP contribution in [0.1, 0.15) is 18.5 Å². The van der Waals surface area contributed by atoms with Crippen LogP contribution in [-0.2, 0) is 11.2 Å². The summed E-state index contributed by atoms with van der Waals surface area (Å²) in [7, 11) is 0. The molecule has 0 saturated carbocycles. The average Bonchev–Trinajstić information content (AvgIpc) is 2.57. The summed E-state index contributed by atoms with van der Waals surface area (Å²) in [6, 6.07) is 0. The van der Waals surface area contributed by atoms with Gasteiger partial charge >= 0.3 is 6.18 Å². The Hall–Kier alpha value is -1.31. The number of hydrogen-bond acceptors (Lipinski definition) is 4. The number of nitrogens with one attached hydrogen (secondary N) is 1. The number of alkyl halides is 3. The number of amides is 1. The van der Waals surface area contributed by atoms with E-state index >= 15 is 0 Å². The van der Waals surface area contributed by atoms with Crippen molar-refractivity contribution >= 4 is 22.4 Å². The molecule has 0 saturated heterocycles. The van der Waals surface area contributed by atoms with Crippen LogP contribution in [0.3, 0.4) is 0 Å². The van der Waals surface area contributed by atoms with E-state index in [9.17, 15) is 18.0 Å². The van der Waals surface area contributed by atoms with Gasteiger partial charge in [-0.25, -0.2) is 4.98 Å². The summed E-state index contributed by atoms with van der Waals surface area (Å²) in [6.07, 6.45) is -5.14. The number of carbonyl (C=O) groups excluding carboxylic acids is 1. The van der Waals surface area contributed by atoms with Crippen LogP contribution in [-0.4, -0.2) is 23.6 Å². The first-order valence-corrected chi connectivity index (χ1v) is 5.78. The lowest BCUT2D eigenvalue weighted by molar-refractivity contribution is -0.136. The van der Waals surface area contributed by atoms with Gasteiger partial charge in [-0.2, -0.15) is 13.2 Å². The average molecular weight is 267 g/mol. The Balaban J connectivity index is 2.18. The van der Waals surface area contributed by atoms with Crippen molar-refractivity contribution in [3.05, 3.63) is 11.1 Å². The Labute approximate surface area is 100 Å². The SMILES string of the molecule is Nc1nc(CC(=O)NCCCC(F)(F)F)cs1. The van der Waals surface area contributed by atoms with E-state index in [-0.39, 0.29) is 25.3 Å². The number of nitrogen functional groups attached to an aromatic ring is 1. The third kappa shape index (κ3) is 6.10. The first-order valence-electron chi connectivity index (χ1n) is 4.90. The van der Waals surface area contributed by atoms with E-state index in [2.05, 4.69) is 10.3 Å². The molecule has 1 aromatic heterocycles. The fraction of sp³-hybridized carbons (Fsp3) is 0.556. The highest BCUT2D eigenvalue weighted by molar-refractivity contribution is 7.13. The van der Waals surface area contributed by atoms with Gasteiger partial charge in [-0.3, -0.25) is 4.79 Å². The zero-order valence-corrected chi connectivity index (χ0v) is 9.70. The summed E-state index contributed by atoms with van der Waals surface area (Å²) in [5.74, 6) is -0.350. The van der Waals surface area contributed by atoms with Gasteiger partial charge in [-0.05, 0) is 6.42 Å². The van der Waals surface area contributed by atoms with E-state index < -0.39 is 12.6 Å². The molecule has 17 heavy (non-hydrogen) atoms. The van der Waals surface area contributed by atoms with Gasteiger partial charge in [0.05, 0.1) is 12.1 Å². The molecular weight excluding hydrogens is 255 g/mol. The summed E-state index contributed by atoms with van der Waals surface area (Å²) < 4.78 is 35.4. The van der Waals surface area contributed by atoms with Crippen molar-refractivity contribution < 1.29 is 18.0 Å². The van der Waals surface area contributed by atoms with E-state index in [0.29, 0.717) is 10.8 Å². The molecule has 1 heterocycles. The summed E-state index contributed by atoms with van der Waals surface area (Å²) in [6.45, 7) is 0.0119. The second-order valence-electron chi connectivity index (χ2n) is 3.42. The number of halogens is 3. The molecule has 1 rings (SSSR count). The summed E-state index contributed by atoms with van der Waals surface area (Å²) in [5, 5.41) is 4.41. The summed E-state index contributed by atoms with van der Waals surface area (Å²) in [4.78, 5) is 15.2. The molecule has 0 aromatic carbocycles. The standard InChI is InChI=1S/C9H12F3N3OS/c10-9(11,12)2-1-3-14-7(16)4-6-5-17-8(13)15-6/h5H,1-4H2,(H2,13,15)(H,14,16). The normalized spacial score (nSPS) is 11.5. The number of nitrogens with two attached hydrogens (primary N) is 1. The van der Waals surface area contributed by atoms with E-state index in [1.165, 1.54) is 11.3 Å². The molecule has 0 atom stereocenters. The highest BCUT2D eigenvalue weighted by atomic mass is 32.1. The van der Waals surface area contributed by atoms with Gasteiger partial charge in [0.1, 0.15) is 0 Å². The monoisotopic (exact) mass is 267 g/mol. The van der Waals surface area contributed by atoms with Crippen molar-refractivity contribution in [2.45, 2.75) is 25.4 Å². The van der Waals surface area contributed by atoms with E-state index in [1.807, 2.05) is 0 Å². The third-order valence-corrected chi connectivity index (χ3v) is 2.59. The maximum atomic E-state index is 11.8. The van der Waals surface area contributed by atoms with Gasteiger partial charge in [0, 0.05) is 18.3 Å². The lowest BCUT2D eigenvalue weighted by atomic mass is 10.3. The summed E-state index contributed by atoms with van der Waals surface area (Å²) in [5.41, 5.74) is 5.90. The largest absolute Gasteiger partial charge is 0.389 e. The number of hydrogen-bond donors (Lipinski definition) is 2. The Bertz CT molecular complexity index is 378. The van der Waals surface area contributed by atoms with Crippen molar-refractivity contribution in [1.82, 2.24) is 10.3 Å². The predicted molar refractivity (Wildman–Crippen MR) is 58.5 cm³/mol.